The summed E-state index contributed by atoms with van der Waals surface area (Å²) in [6.45, 7) is 4.07. The van der Waals surface area contributed by atoms with Crippen LogP contribution < -0.4 is 0 Å². The van der Waals surface area contributed by atoms with Crippen LogP contribution in [0.2, 0.25) is 0 Å². The van der Waals surface area contributed by atoms with Gasteiger partial charge in [-0.1, -0.05) is 13.0 Å². The average Bonchev–Trinajstić information content (AvgIpc) is 2.84. The molecule has 2 atom stereocenters. The smallest absolute Gasteiger partial charge is 0.335 e. The lowest BCUT2D eigenvalue weighted by Crippen LogP contribution is -2.48. The molecule has 35 heavy (non-hydrogen) atoms. The van der Waals surface area contributed by atoms with Crippen LogP contribution in [0.1, 0.15) is 53.5 Å². The molecule has 1 fully saturated rings. The van der Waals surface area contributed by atoms with Gasteiger partial charge in [0.15, 0.2) is 5.82 Å². The van der Waals surface area contributed by atoms with Gasteiger partial charge in [-0.2, -0.15) is 13.2 Å². The number of amides is 1. The van der Waals surface area contributed by atoms with E-state index in [4.69, 9.17) is 0 Å². The second kappa shape index (κ2) is 10.1. The molecule has 10 heteroatoms. The van der Waals surface area contributed by atoms with Crippen molar-refractivity contribution in [1.82, 2.24) is 24.8 Å². The molecule has 0 N–H and O–H groups in total. The van der Waals surface area contributed by atoms with Gasteiger partial charge in [-0.3, -0.25) is 4.79 Å². The molecule has 1 aliphatic heterocycles. The number of piperidine rings is 1. The van der Waals surface area contributed by atoms with E-state index in [1.54, 1.807) is 30.0 Å². The number of carbonyl (C=O) groups is 1. The van der Waals surface area contributed by atoms with Gasteiger partial charge in [-0.25, -0.2) is 24.3 Å². The van der Waals surface area contributed by atoms with E-state index < -0.39 is 23.5 Å². The van der Waals surface area contributed by atoms with Crippen molar-refractivity contribution in [2.45, 2.75) is 51.7 Å². The van der Waals surface area contributed by atoms with E-state index in [1.165, 1.54) is 12.4 Å². The lowest BCUT2D eigenvalue weighted by molar-refractivity contribution is -0.138. The summed E-state index contributed by atoms with van der Waals surface area (Å²) in [7, 11) is 0. The Labute approximate surface area is 200 Å². The molecule has 0 bridgehead atoms. The SMILES string of the molecule is Cc1ccc(-c2ncccn2)c(C(=O)N2CCC[C@@H](C)[C@H]2CCc2ncc(C(F)(F)F)cn2)c1F. The molecule has 2 aromatic heterocycles. The fourth-order valence-electron chi connectivity index (χ4n) is 4.51. The van der Waals surface area contributed by atoms with E-state index >= 15 is 4.39 Å². The van der Waals surface area contributed by atoms with Crippen LogP contribution in [0.5, 0.6) is 0 Å². The Morgan fingerprint density at radius 1 is 1.11 bits per heavy atom. The maximum atomic E-state index is 15.3. The van der Waals surface area contributed by atoms with Gasteiger partial charge in [-0.15, -0.1) is 0 Å². The van der Waals surface area contributed by atoms with Crippen molar-refractivity contribution in [3.63, 3.8) is 0 Å². The Hall–Kier alpha value is -3.43. The van der Waals surface area contributed by atoms with Gasteiger partial charge in [0, 0.05) is 49.4 Å². The second-order valence-corrected chi connectivity index (χ2v) is 8.80. The predicted octanol–water partition coefficient (Wildman–Crippen LogP) is 5.27. The predicted molar refractivity (Wildman–Crippen MR) is 121 cm³/mol. The Bertz CT molecular complexity index is 1180. The highest BCUT2D eigenvalue weighted by Crippen LogP contribution is 2.32. The van der Waals surface area contributed by atoms with Crippen LogP contribution in [0, 0.1) is 18.7 Å². The van der Waals surface area contributed by atoms with Crippen molar-refractivity contribution in [1.29, 1.82) is 0 Å². The van der Waals surface area contributed by atoms with Gasteiger partial charge in [0.05, 0.1) is 11.1 Å². The van der Waals surface area contributed by atoms with E-state index in [-0.39, 0.29) is 29.2 Å². The van der Waals surface area contributed by atoms with Gasteiger partial charge in [0.25, 0.3) is 5.91 Å². The molecule has 3 heterocycles. The first kappa shape index (κ1) is 24.7. The number of nitrogens with zero attached hydrogens (tertiary/aromatic N) is 5. The van der Waals surface area contributed by atoms with Crippen molar-refractivity contribution in [2.75, 3.05) is 6.54 Å². The Morgan fingerprint density at radius 2 is 1.80 bits per heavy atom. The molecule has 1 saturated heterocycles. The normalized spacial score (nSPS) is 18.5. The zero-order valence-electron chi connectivity index (χ0n) is 19.4. The molecule has 6 nitrogen and oxygen atoms in total. The number of aromatic nitrogens is 4. The van der Waals surface area contributed by atoms with Gasteiger partial charge in [0.2, 0.25) is 0 Å². The number of halogens is 4. The van der Waals surface area contributed by atoms with Gasteiger partial charge in [-0.05, 0) is 49.8 Å². The molecule has 184 valence electrons. The minimum atomic E-state index is -4.50. The maximum Gasteiger partial charge on any atom is 0.419 e. The largest absolute Gasteiger partial charge is 0.419 e. The Morgan fingerprint density at radius 3 is 2.46 bits per heavy atom. The van der Waals surface area contributed by atoms with Crippen molar-refractivity contribution < 1.29 is 22.4 Å². The third-order valence-corrected chi connectivity index (χ3v) is 6.43. The van der Waals surface area contributed by atoms with Crippen LogP contribution >= 0.6 is 0 Å². The maximum absolute atomic E-state index is 15.3. The summed E-state index contributed by atoms with van der Waals surface area (Å²) < 4.78 is 53.8. The van der Waals surface area contributed by atoms with Crippen LogP contribution in [-0.2, 0) is 12.6 Å². The van der Waals surface area contributed by atoms with Gasteiger partial charge >= 0.3 is 6.18 Å². The lowest BCUT2D eigenvalue weighted by Gasteiger charge is -2.40. The first-order valence-electron chi connectivity index (χ1n) is 11.4. The fourth-order valence-corrected chi connectivity index (χ4v) is 4.51. The summed E-state index contributed by atoms with van der Waals surface area (Å²) in [5, 5.41) is 0. The zero-order chi connectivity index (χ0) is 25.2. The quantitative estimate of drug-likeness (QED) is 0.459. The Kier molecular flexibility index (Phi) is 7.09. The van der Waals surface area contributed by atoms with Crippen LogP contribution in [-0.4, -0.2) is 43.3 Å². The third kappa shape index (κ3) is 5.31. The number of rotatable bonds is 5. The van der Waals surface area contributed by atoms with Gasteiger partial charge < -0.3 is 4.90 Å². The molecule has 0 spiro atoms. The first-order valence-corrected chi connectivity index (χ1v) is 11.4. The summed E-state index contributed by atoms with van der Waals surface area (Å²) >= 11 is 0. The summed E-state index contributed by atoms with van der Waals surface area (Å²) in [6, 6.07) is 4.64. The van der Waals surface area contributed by atoms with Crippen molar-refractivity contribution in [3.05, 3.63) is 71.3 Å². The number of likely N-dealkylation sites (tertiary alicyclic amines) is 1. The zero-order valence-corrected chi connectivity index (χ0v) is 19.4. The van der Waals surface area contributed by atoms with E-state index in [2.05, 4.69) is 19.9 Å². The van der Waals surface area contributed by atoms with Crippen LogP contribution in [0.3, 0.4) is 0 Å². The topological polar surface area (TPSA) is 71.9 Å². The van der Waals surface area contributed by atoms with Crippen molar-refractivity contribution in [2.24, 2.45) is 5.92 Å². The Balaban J connectivity index is 1.61. The standard InChI is InChI=1S/C25H25F4N5O/c1-15-5-3-12-34(19(15)8-9-20-32-13-17(14-33-20)25(27,28)29)24(35)21-18(7-6-16(2)22(21)26)23-30-10-4-11-31-23/h4,6-7,10-11,13-15,19H,3,5,8-9,12H2,1-2H3/t15-,19-/m1/s1. The second-order valence-electron chi connectivity index (χ2n) is 8.80. The number of hydrogen-bond donors (Lipinski definition) is 0. The third-order valence-electron chi connectivity index (χ3n) is 6.43. The van der Waals surface area contributed by atoms with Crippen LogP contribution in [0.4, 0.5) is 17.6 Å². The molecule has 0 radical (unpaired) electrons. The van der Waals surface area contributed by atoms with E-state index in [1.807, 2.05) is 6.92 Å². The molecule has 1 amide bonds. The minimum absolute atomic E-state index is 0.0684. The molecule has 3 aromatic rings. The number of alkyl halides is 3. The molecular weight excluding hydrogens is 462 g/mol. The summed E-state index contributed by atoms with van der Waals surface area (Å²) in [5.41, 5.74) is -0.315. The molecule has 0 saturated carbocycles. The monoisotopic (exact) mass is 487 g/mol. The molecule has 0 unspecified atom stereocenters. The molecule has 1 aliphatic rings. The highest BCUT2D eigenvalue weighted by molar-refractivity contribution is 6.01. The van der Waals surface area contributed by atoms with Crippen molar-refractivity contribution >= 4 is 5.91 Å². The summed E-state index contributed by atoms with van der Waals surface area (Å²) in [4.78, 5) is 31.5. The van der Waals surface area contributed by atoms with Crippen LogP contribution in [0.15, 0.2) is 43.0 Å². The first-order chi connectivity index (χ1) is 16.7. The average molecular weight is 488 g/mol. The number of aryl methyl sites for hydroxylation is 2. The molecule has 4 rings (SSSR count). The van der Waals surface area contributed by atoms with Crippen LogP contribution in [0.25, 0.3) is 11.4 Å². The molecular formula is C25H25F4N5O. The van der Waals surface area contributed by atoms with E-state index in [0.717, 1.165) is 25.2 Å². The highest BCUT2D eigenvalue weighted by Gasteiger charge is 2.35. The highest BCUT2D eigenvalue weighted by atomic mass is 19.4. The molecule has 0 aliphatic carbocycles. The van der Waals surface area contributed by atoms with Crippen molar-refractivity contribution in [3.8, 4) is 11.4 Å². The number of carbonyl (C=O) groups excluding carboxylic acids is 1. The lowest BCUT2D eigenvalue weighted by atomic mass is 9.86. The summed E-state index contributed by atoms with van der Waals surface area (Å²) in [5.74, 6) is -0.411. The number of benzene rings is 1. The number of hydrogen-bond acceptors (Lipinski definition) is 5. The van der Waals surface area contributed by atoms with Gasteiger partial charge in [0.1, 0.15) is 11.6 Å². The summed E-state index contributed by atoms with van der Waals surface area (Å²) in [6.07, 6.45) is 2.49. The minimum Gasteiger partial charge on any atom is -0.335 e. The molecule has 1 aromatic carbocycles. The van der Waals surface area contributed by atoms with E-state index in [9.17, 15) is 18.0 Å². The fraction of sp³-hybridized carbons (Fsp3) is 0.400. The van der Waals surface area contributed by atoms with E-state index in [0.29, 0.717) is 30.5 Å².